The van der Waals surface area contributed by atoms with E-state index in [0.29, 0.717) is 38.7 Å². The first-order chi connectivity index (χ1) is 18.0. The lowest BCUT2D eigenvalue weighted by Gasteiger charge is -2.61. The van der Waals surface area contributed by atoms with E-state index in [-0.39, 0.29) is 42.2 Å². The molecule has 0 spiro atoms. The number of methoxy groups -OCH3 is 1. The third-order valence-electron chi connectivity index (χ3n) is 11.2. The van der Waals surface area contributed by atoms with Crippen LogP contribution in [-0.2, 0) is 28.5 Å². The van der Waals surface area contributed by atoms with Crippen molar-refractivity contribution in [2.75, 3.05) is 20.3 Å². The zero-order valence-electron chi connectivity index (χ0n) is 22.4. The van der Waals surface area contributed by atoms with E-state index in [9.17, 15) is 24.9 Å². The zero-order valence-corrected chi connectivity index (χ0v) is 22.4. The van der Waals surface area contributed by atoms with Gasteiger partial charge in [-0.25, -0.2) is 4.79 Å². The third kappa shape index (κ3) is 3.65. The third-order valence-corrected chi connectivity index (χ3v) is 11.2. The van der Waals surface area contributed by atoms with E-state index in [4.69, 9.17) is 18.9 Å². The molecule has 3 N–H and O–H groups in total. The summed E-state index contributed by atoms with van der Waals surface area (Å²) in [5.74, 6) is -0.746. The van der Waals surface area contributed by atoms with Crippen molar-refractivity contribution in [1.29, 1.82) is 0 Å². The van der Waals surface area contributed by atoms with Crippen molar-refractivity contribution in [1.82, 2.24) is 0 Å². The van der Waals surface area contributed by atoms with Crippen molar-refractivity contribution in [3.63, 3.8) is 0 Å². The number of ether oxygens (including phenoxy) is 4. The number of ketones is 1. The summed E-state index contributed by atoms with van der Waals surface area (Å²) in [7, 11) is 1.55. The molecule has 0 aromatic rings. The zero-order chi connectivity index (χ0) is 27.0. The van der Waals surface area contributed by atoms with Crippen LogP contribution in [0.3, 0.4) is 0 Å². The summed E-state index contributed by atoms with van der Waals surface area (Å²) in [5, 5.41) is 34.1. The Morgan fingerprint density at radius 2 is 1.89 bits per heavy atom. The molecule has 11 atom stereocenters. The van der Waals surface area contributed by atoms with Gasteiger partial charge in [-0.3, -0.25) is 4.79 Å². The SMILES string of the molecule is COC1CCOC(OC2C=C3CCC4C(CC(=O)C5(C)C(C6=CC(=O)OC6)CCC45O)C3(C)CC2O)C1O. The minimum Gasteiger partial charge on any atom is -0.458 e. The van der Waals surface area contributed by atoms with E-state index in [1.54, 1.807) is 7.11 Å². The Kier molecular flexibility index (Phi) is 6.45. The van der Waals surface area contributed by atoms with E-state index in [0.717, 1.165) is 24.0 Å². The standard InChI is InChI=1S/C29H40O9/c1-27-13-20(30)22(38-26-25(33)21(35-3)7-9-36-26)11-16(27)4-5-18-19(27)12-23(31)28(2)17(6-8-29(18,28)34)15-10-24(32)37-14-15/h10-11,17-22,25-26,30,33-34H,4-9,12-14H2,1-3H3. The Labute approximate surface area is 223 Å². The molecule has 2 heterocycles. The Morgan fingerprint density at radius 3 is 2.61 bits per heavy atom. The van der Waals surface area contributed by atoms with Gasteiger partial charge >= 0.3 is 5.97 Å². The van der Waals surface area contributed by atoms with Crippen molar-refractivity contribution in [2.24, 2.45) is 28.6 Å². The van der Waals surface area contributed by atoms with Crippen molar-refractivity contribution < 1.29 is 43.9 Å². The lowest BCUT2D eigenvalue weighted by atomic mass is 9.44. The first-order valence-electron chi connectivity index (χ1n) is 14.0. The van der Waals surface area contributed by atoms with Gasteiger partial charge in [0.1, 0.15) is 24.6 Å². The van der Waals surface area contributed by atoms with Crippen LogP contribution in [0.4, 0.5) is 0 Å². The first kappa shape index (κ1) is 26.6. The molecule has 9 heteroatoms. The van der Waals surface area contributed by atoms with Gasteiger partial charge in [-0.15, -0.1) is 0 Å². The molecule has 4 aliphatic carbocycles. The summed E-state index contributed by atoms with van der Waals surface area (Å²) in [6, 6.07) is 0. The Balaban J connectivity index is 1.26. The van der Waals surface area contributed by atoms with Crippen LogP contribution in [0.1, 0.15) is 58.8 Å². The number of allylic oxidation sites excluding steroid dienone is 1. The smallest absolute Gasteiger partial charge is 0.331 e. The fraction of sp³-hybridized carbons (Fsp3) is 0.793. The molecule has 0 aromatic carbocycles. The molecule has 9 nitrogen and oxygen atoms in total. The average Bonchev–Trinajstić information content (AvgIpc) is 3.42. The van der Waals surface area contributed by atoms with Crippen LogP contribution >= 0.6 is 0 Å². The predicted molar refractivity (Wildman–Crippen MR) is 134 cm³/mol. The van der Waals surface area contributed by atoms with Crippen LogP contribution in [0.2, 0.25) is 0 Å². The van der Waals surface area contributed by atoms with E-state index < -0.39 is 41.0 Å². The van der Waals surface area contributed by atoms with Gasteiger partial charge in [0, 0.05) is 19.6 Å². The number of Topliss-reactive ketones (excluding diaryl/α,β-unsaturated/α-hetero) is 1. The number of carbonyl (C=O) groups is 2. The Bertz CT molecular complexity index is 1070. The summed E-state index contributed by atoms with van der Waals surface area (Å²) in [6.45, 7) is 4.60. The molecule has 3 saturated carbocycles. The van der Waals surface area contributed by atoms with Gasteiger partial charge in [0.2, 0.25) is 0 Å². The van der Waals surface area contributed by atoms with Crippen molar-refractivity contribution in [2.45, 2.75) is 95.1 Å². The summed E-state index contributed by atoms with van der Waals surface area (Å²) >= 11 is 0. The molecule has 38 heavy (non-hydrogen) atoms. The quantitative estimate of drug-likeness (QED) is 0.366. The lowest BCUT2D eigenvalue weighted by molar-refractivity contribution is -0.267. The topological polar surface area (TPSA) is 132 Å². The molecule has 6 aliphatic rings. The summed E-state index contributed by atoms with van der Waals surface area (Å²) in [5.41, 5.74) is -0.642. The number of aliphatic hydroxyl groups excluding tert-OH is 2. The molecule has 6 rings (SSSR count). The van der Waals surface area contributed by atoms with Gasteiger partial charge in [0.05, 0.1) is 29.8 Å². The molecule has 210 valence electrons. The van der Waals surface area contributed by atoms with Crippen LogP contribution in [0.15, 0.2) is 23.3 Å². The summed E-state index contributed by atoms with van der Waals surface area (Å²) in [4.78, 5) is 25.7. The number of rotatable bonds is 4. The Hall–Kier alpha value is -1.62. The molecule has 4 fully saturated rings. The summed E-state index contributed by atoms with van der Waals surface area (Å²) in [6.07, 6.45) is 3.70. The molecule has 2 aliphatic heterocycles. The van der Waals surface area contributed by atoms with Gasteiger partial charge < -0.3 is 34.3 Å². The molecule has 0 bridgehead atoms. The number of hydrogen-bond acceptors (Lipinski definition) is 9. The number of fused-ring (bicyclic) bond motifs is 5. The van der Waals surface area contributed by atoms with Crippen molar-refractivity contribution >= 4 is 11.8 Å². The predicted octanol–water partition coefficient (Wildman–Crippen LogP) is 1.82. The van der Waals surface area contributed by atoms with E-state index in [1.807, 2.05) is 13.0 Å². The van der Waals surface area contributed by atoms with Crippen LogP contribution in [0.25, 0.3) is 0 Å². The van der Waals surface area contributed by atoms with Gasteiger partial charge in [0.15, 0.2) is 6.29 Å². The van der Waals surface area contributed by atoms with E-state index >= 15 is 0 Å². The maximum Gasteiger partial charge on any atom is 0.331 e. The highest BCUT2D eigenvalue weighted by Gasteiger charge is 2.71. The van der Waals surface area contributed by atoms with Crippen LogP contribution < -0.4 is 0 Å². The van der Waals surface area contributed by atoms with Crippen LogP contribution in [-0.4, -0.2) is 83.7 Å². The van der Waals surface area contributed by atoms with Crippen LogP contribution in [0.5, 0.6) is 0 Å². The van der Waals surface area contributed by atoms with Gasteiger partial charge in [-0.05, 0) is 74.2 Å². The monoisotopic (exact) mass is 532 g/mol. The molecular weight excluding hydrogens is 492 g/mol. The molecule has 11 unspecified atom stereocenters. The number of hydrogen-bond donors (Lipinski definition) is 3. The lowest BCUT2D eigenvalue weighted by Crippen LogP contribution is -2.65. The molecule has 0 radical (unpaired) electrons. The first-order valence-corrected chi connectivity index (χ1v) is 14.0. The fourth-order valence-electron chi connectivity index (χ4n) is 9.02. The number of esters is 1. The molecule has 1 saturated heterocycles. The maximum absolute atomic E-state index is 14.0. The molecule has 0 aromatic heterocycles. The van der Waals surface area contributed by atoms with E-state index in [2.05, 4.69) is 6.92 Å². The minimum atomic E-state index is -1.17. The molecular formula is C29H40O9. The van der Waals surface area contributed by atoms with E-state index in [1.165, 1.54) is 6.08 Å². The molecule has 0 amide bonds. The summed E-state index contributed by atoms with van der Waals surface area (Å²) < 4.78 is 22.2. The Morgan fingerprint density at radius 1 is 1.11 bits per heavy atom. The average molecular weight is 533 g/mol. The van der Waals surface area contributed by atoms with Crippen molar-refractivity contribution in [3.8, 4) is 0 Å². The normalized spacial score (nSPS) is 50.5. The second kappa shape index (κ2) is 9.21. The van der Waals surface area contributed by atoms with Gasteiger partial charge in [-0.1, -0.05) is 18.6 Å². The maximum atomic E-state index is 14.0. The fourth-order valence-corrected chi connectivity index (χ4v) is 9.02. The second-order valence-electron chi connectivity index (χ2n) is 12.7. The van der Waals surface area contributed by atoms with Crippen LogP contribution in [0, 0.1) is 28.6 Å². The highest BCUT2D eigenvalue weighted by Crippen LogP contribution is 2.68. The van der Waals surface area contributed by atoms with Gasteiger partial charge in [-0.2, -0.15) is 0 Å². The highest BCUT2D eigenvalue weighted by molar-refractivity contribution is 5.90. The number of cyclic esters (lactones) is 1. The largest absolute Gasteiger partial charge is 0.458 e. The van der Waals surface area contributed by atoms with Gasteiger partial charge in [0.25, 0.3) is 0 Å². The number of carbonyl (C=O) groups excluding carboxylic acids is 2. The second-order valence-corrected chi connectivity index (χ2v) is 12.7. The minimum absolute atomic E-state index is 0.0312. The number of aliphatic hydroxyl groups is 3. The highest BCUT2D eigenvalue weighted by atomic mass is 16.7. The van der Waals surface area contributed by atoms with Crippen molar-refractivity contribution in [3.05, 3.63) is 23.3 Å².